The molecule has 260 valence electrons. The minimum absolute atomic E-state index is 0.0482. The van der Waals surface area contributed by atoms with Crippen LogP contribution in [0.25, 0.3) is 60.9 Å². The summed E-state index contributed by atoms with van der Waals surface area (Å²) in [4.78, 5) is 2.56. The van der Waals surface area contributed by atoms with Gasteiger partial charge in [-0.25, -0.2) is 0 Å². The molecule has 0 saturated carbocycles. The molecule has 0 spiro atoms. The van der Waals surface area contributed by atoms with Crippen molar-refractivity contribution in [2.75, 3.05) is 4.90 Å². The zero-order chi connectivity index (χ0) is 36.8. The van der Waals surface area contributed by atoms with Gasteiger partial charge in [0.2, 0.25) is 0 Å². The second kappa shape index (κ2) is 11.8. The van der Waals surface area contributed by atoms with Crippen LogP contribution >= 0.6 is 0 Å². The first-order valence-electron chi connectivity index (χ1n) is 19.2. The van der Waals surface area contributed by atoms with Gasteiger partial charge in [-0.05, 0) is 117 Å². The highest BCUT2D eigenvalue weighted by atomic mass is 15.2. The highest BCUT2D eigenvalue weighted by molar-refractivity contribution is 6.10. The second-order valence-corrected chi connectivity index (χ2v) is 15.7. The first-order valence-corrected chi connectivity index (χ1v) is 19.2. The van der Waals surface area contributed by atoms with Gasteiger partial charge < -0.3 is 9.47 Å². The Kier molecular flexibility index (Phi) is 6.79. The fourth-order valence-electron chi connectivity index (χ4n) is 9.63. The van der Waals surface area contributed by atoms with E-state index in [0.29, 0.717) is 5.56 Å². The molecule has 3 heteroatoms. The van der Waals surface area contributed by atoms with Crippen molar-refractivity contribution in [3.8, 4) is 45.1 Å². The molecule has 0 fully saturated rings. The van der Waals surface area contributed by atoms with Crippen LogP contribution in [-0.4, -0.2) is 10.6 Å². The first-order chi connectivity index (χ1) is 27.0. The number of rotatable bonds is 4. The number of aromatic nitrogens is 1. The lowest BCUT2D eigenvalue weighted by molar-refractivity contribution is 0.659. The molecule has 7 aromatic carbocycles. The third kappa shape index (κ3) is 4.68. The van der Waals surface area contributed by atoms with Crippen molar-refractivity contribution in [2.24, 2.45) is 0 Å². The molecule has 8 aromatic rings. The lowest BCUT2D eigenvalue weighted by Crippen LogP contribution is -2.28. The Morgan fingerprint density at radius 3 is 2.04 bits per heavy atom. The van der Waals surface area contributed by atoms with E-state index in [1.807, 2.05) is 24.3 Å². The summed E-state index contributed by atoms with van der Waals surface area (Å²) in [5, 5.41) is 11.7. The Morgan fingerprint density at radius 2 is 1.20 bits per heavy atom. The molecule has 0 amide bonds. The molecule has 11 rings (SSSR count). The highest BCUT2D eigenvalue weighted by Gasteiger charge is 2.40. The summed E-state index contributed by atoms with van der Waals surface area (Å²) < 4.78 is 2.37. The number of para-hydroxylation sites is 1. The number of allylic oxidation sites excluding steroid dienone is 2. The number of anilines is 2. The first kappa shape index (κ1) is 31.6. The molecule has 2 heterocycles. The normalized spacial score (nSPS) is 17.2. The Hall–Kier alpha value is -6.89. The van der Waals surface area contributed by atoms with Gasteiger partial charge >= 0.3 is 0 Å². The van der Waals surface area contributed by atoms with Crippen LogP contribution in [0.4, 0.5) is 11.4 Å². The Bertz CT molecular complexity index is 2970. The number of nitriles is 1. The molecule has 1 aliphatic heterocycles. The fraction of sp³-hybridized carbons (Fsp3) is 0.0962. The molecule has 0 bridgehead atoms. The van der Waals surface area contributed by atoms with E-state index in [1.54, 1.807) is 0 Å². The number of fused-ring (bicyclic) bond motifs is 9. The van der Waals surface area contributed by atoms with Crippen LogP contribution < -0.4 is 4.90 Å². The highest BCUT2D eigenvalue weighted by Crippen LogP contribution is 2.53. The predicted octanol–water partition coefficient (Wildman–Crippen LogP) is 13.0. The van der Waals surface area contributed by atoms with E-state index < -0.39 is 0 Å². The van der Waals surface area contributed by atoms with Gasteiger partial charge in [-0.2, -0.15) is 5.26 Å². The van der Waals surface area contributed by atoms with Crippen LogP contribution in [0.3, 0.4) is 0 Å². The van der Waals surface area contributed by atoms with Gasteiger partial charge in [-0.3, -0.25) is 0 Å². The van der Waals surface area contributed by atoms with Crippen molar-refractivity contribution in [3.05, 3.63) is 198 Å². The van der Waals surface area contributed by atoms with Gasteiger partial charge in [0, 0.05) is 39.2 Å². The van der Waals surface area contributed by atoms with Crippen molar-refractivity contribution in [2.45, 2.75) is 31.2 Å². The lowest BCUT2D eigenvalue weighted by atomic mass is 9.82. The maximum atomic E-state index is 9.22. The molecule has 0 radical (unpaired) electrons. The monoisotopic (exact) mass is 703 g/mol. The van der Waals surface area contributed by atoms with Crippen molar-refractivity contribution in [1.82, 2.24) is 4.57 Å². The maximum absolute atomic E-state index is 9.22. The average molecular weight is 704 g/mol. The van der Waals surface area contributed by atoms with E-state index >= 15 is 0 Å². The summed E-state index contributed by atoms with van der Waals surface area (Å²) in [5.74, 6) is 0.274. The third-order valence-corrected chi connectivity index (χ3v) is 12.4. The van der Waals surface area contributed by atoms with Crippen LogP contribution in [0.1, 0.15) is 42.0 Å². The van der Waals surface area contributed by atoms with E-state index in [2.05, 4.69) is 181 Å². The van der Waals surface area contributed by atoms with E-state index in [0.717, 1.165) is 16.8 Å². The summed E-state index contributed by atoms with van der Waals surface area (Å²) in [6.45, 7) is 4.72. The molecule has 55 heavy (non-hydrogen) atoms. The smallest absolute Gasteiger partial charge is 0.0991 e. The van der Waals surface area contributed by atoms with Crippen molar-refractivity contribution < 1.29 is 0 Å². The summed E-state index contributed by atoms with van der Waals surface area (Å²) >= 11 is 0. The molecule has 0 saturated heterocycles. The van der Waals surface area contributed by atoms with Crippen LogP contribution in [-0.2, 0) is 5.41 Å². The number of hydrogen-bond acceptors (Lipinski definition) is 2. The number of nitrogens with zero attached hydrogens (tertiary/aromatic N) is 3. The van der Waals surface area contributed by atoms with Gasteiger partial charge in [0.1, 0.15) is 0 Å². The van der Waals surface area contributed by atoms with Gasteiger partial charge in [-0.15, -0.1) is 0 Å². The summed E-state index contributed by atoms with van der Waals surface area (Å²) in [6.07, 6.45) is 9.17. The Labute approximate surface area is 321 Å². The van der Waals surface area contributed by atoms with Crippen molar-refractivity contribution in [3.63, 3.8) is 0 Å². The molecule has 3 nitrogen and oxygen atoms in total. The van der Waals surface area contributed by atoms with Gasteiger partial charge in [0.05, 0.1) is 28.7 Å². The second-order valence-electron chi connectivity index (χ2n) is 15.7. The van der Waals surface area contributed by atoms with E-state index in [-0.39, 0.29) is 17.4 Å². The van der Waals surface area contributed by atoms with Crippen molar-refractivity contribution in [1.29, 1.82) is 5.26 Å². The standard InChI is InChI=1S/C52H37N3/c1-52(2)46-12-6-3-9-40(46)41-26-25-39(31-47(41)52)55-49-14-8-5-11-43(49)45-30-37(22-28-51(45)55)36-21-27-50-44(29-36)42-10-4-7-13-48(42)54(50)38-23-19-35(20-24-38)34-17-15-33(32-53)16-18-34/h3-31,43,49H,1-2H3. The van der Waals surface area contributed by atoms with Gasteiger partial charge in [0.15, 0.2) is 0 Å². The molecule has 2 atom stereocenters. The fourth-order valence-corrected chi connectivity index (χ4v) is 9.63. The summed E-state index contributed by atoms with van der Waals surface area (Å²) in [6, 6.07) is 57.7. The quantitative estimate of drug-likeness (QED) is 0.183. The lowest BCUT2D eigenvalue weighted by Gasteiger charge is -2.30. The van der Waals surface area contributed by atoms with Crippen LogP contribution in [0, 0.1) is 11.3 Å². The maximum Gasteiger partial charge on any atom is 0.0991 e. The average Bonchev–Trinajstić information content (AvgIpc) is 3.83. The van der Waals surface area contributed by atoms with E-state index in [9.17, 15) is 5.26 Å². The van der Waals surface area contributed by atoms with E-state index in [1.165, 1.54) is 72.1 Å². The van der Waals surface area contributed by atoms with Crippen molar-refractivity contribution >= 4 is 33.2 Å². The van der Waals surface area contributed by atoms with Crippen LogP contribution in [0.15, 0.2) is 176 Å². The topological polar surface area (TPSA) is 32.0 Å². The molecular formula is C52H37N3. The number of hydrogen-bond donors (Lipinski definition) is 0. The SMILES string of the molecule is CC1(C)c2ccccc2-c2ccc(N3c4ccc(-c5ccc6c(c5)c5ccccc5n6-c5ccc(-c6ccc(C#N)cc6)cc5)cc4C4C=CC=CC43)cc21. The minimum Gasteiger partial charge on any atom is -0.333 e. The number of benzene rings is 7. The Balaban J connectivity index is 0.982. The Morgan fingerprint density at radius 1 is 0.545 bits per heavy atom. The molecular weight excluding hydrogens is 667 g/mol. The minimum atomic E-state index is -0.0482. The van der Waals surface area contributed by atoms with E-state index in [4.69, 9.17) is 0 Å². The zero-order valence-electron chi connectivity index (χ0n) is 30.7. The van der Waals surface area contributed by atoms with Gasteiger partial charge in [0.25, 0.3) is 0 Å². The predicted molar refractivity (Wildman–Crippen MR) is 227 cm³/mol. The molecule has 2 aliphatic carbocycles. The molecule has 0 N–H and O–H groups in total. The van der Waals surface area contributed by atoms with Crippen LogP contribution in [0.5, 0.6) is 0 Å². The summed E-state index contributed by atoms with van der Waals surface area (Å²) in [5.41, 5.74) is 18.2. The van der Waals surface area contributed by atoms with Crippen LogP contribution in [0.2, 0.25) is 0 Å². The molecule has 2 unspecified atom stereocenters. The molecule has 3 aliphatic rings. The third-order valence-electron chi connectivity index (χ3n) is 12.4. The largest absolute Gasteiger partial charge is 0.333 e. The van der Waals surface area contributed by atoms with Gasteiger partial charge in [-0.1, -0.05) is 123 Å². The summed E-state index contributed by atoms with van der Waals surface area (Å²) in [7, 11) is 0. The zero-order valence-corrected chi connectivity index (χ0v) is 30.7. The molecule has 1 aromatic heterocycles.